The summed E-state index contributed by atoms with van der Waals surface area (Å²) in [5.74, 6) is 2.10. The van der Waals surface area contributed by atoms with Gasteiger partial charge in [0.05, 0.1) is 11.1 Å². The van der Waals surface area contributed by atoms with Gasteiger partial charge in [-0.05, 0) is 25.0 Å². The summed E-state index contributed by atoms with van der Waals surface area (Å²) in [6.45, 7) is 1.24. The van der Waals surface area contributed by atoms with Crippen molar-refractivity contribution in [2.75, 3.05) is 18.0 Å². The van der Waals surface area contributed by atoms with E-state index in [1.165, 1.54) is 0 Å². The van der Waals surface area contributed by atoms with E-state index in [-0.39, 0.29) is 19.0 Å². The molecule has 0 bridgehead atoms. The zero-order chi connectivity index (χ0) is 21.7. The van der Waals surface area contributed by atoms with Gasteiger partial charge in [-0.3, -0.25) is 9.59 Å². The molecule has 1 saturated heterocycles. The number of fused-ring (bicyclic) bond motifs is 1. The quantitative estimate of drug-likeness (QED) is 0.539. The number of carbonyl (C=O) groups is 2. The number of aliphatic hydroxyl groups is 1. The molecule has 1 amide bonds. The largest absolute Gasteiger partial charge is 0.483 e. The van der Waals surface area contributed by atoms with Crippen LogP contribution in [0.25, 0.3) is 10.9 Å². The molecule has 158 valence electrons. The lowest BCUT2D eigenvalue weighted by Gasteiger charge is -2.32. The van der Waals surface area contributed by atoms with E-state index in [1.807, 2.05) is 35.9 Å². The van der Waals surface area contributed by atoms with Crippen LogP contribution in [-0.2, 0) is 18.4 Å². The van der Waals surface area contributed by atoms with E-state index in [9.17, 15) is 9.90 Å². The molecule has 3 aromatic rings. The molecule has 0 saturated carbocycles. The van der Waals surface area contributed by atoms with Crippen LogP contribution in [0.1, 0.15) is 40.8 Å². The van der Waals surface area contributed by atoms with Crippen LogP contribution in [0.2, 0.25) is 0 Å². The van der Waals surface area contributed by atoms with Crippen LogP contribution in [0.15, 0.2) is 30.3 Å². The number of carbonyl (C=O) groups excluding carboxylic acids is 1. The number of para-hydroxylation sites is 1. The van der Waals surface area contributed by atoms with Crippen LogP contribution in [0.4, 0.5) is 5.82 Å². The normalized spacial score (nSPS) is 14.3. The number of pyridine rings is 1. The molecular weight excluding hydrogens is 388 g/mol. The lowest BCUT2D eigenvalue weighted by molar-refractivity contribution is -0.122. The zero-order valence-corrected chi connectivity index (χ0v) is 16.6. The molecule has 3 heterocycles. The summed E-state index contributed by atoms with van der Waals surface area (Å²) in [4.78, 5) is 27.2. The van der Waals surface area contributed by atoms with E-state index in [0.717, 1.165) is 48.5 Å². The molecule has 1 aliphatic heterocycles. The third kappa shape index (κ3) is 4.23. The smallest absolute Gasteiger partial charge is 0.290 e. The van der Waals surface area contributed by atoms with E-state index in [0.29, 0.717) is 11.4 Å². The van der Waals surface area contributed by atoms with Crippen LogP contribution in [-0.4, -0.2) is 55.4 Å². The summed E-state index contributed by atoms with van der Waals surface area (Å²) in [6.07, 6.45) is 1.80. The summed E-state index contributed by atoms with van der Waals surface area (Å²) >= 11 is 0. The minimum absolute atomic E-state index is 0.112. The Morgan fingerprint density at radius 1 is 1.27 bits per heavy atom. The fraction of sp³-hybridized carbons (Fsp3) is 0.350. The van der Waals surface area contributed by atoms with Crippen molar-refractivity contribution in [2.24, 2.45) is 12.8 Å². The fourth-order valence-corrected chi connectivity index (χ4v) is 3.76. The van der Waals surface area contributed by atoms with Crippen LogP contribution >= 0.6 is 0 Å². The van der Waals surface area contributed by atoms with Crippen molar-refractivity contribution in [1.82, 2.24) is 19.7 Å². The highest BCUT2D eigenvalue weighted by atomic mass is 16.3. The van der Waals surface area contributed by atoms with Crippen molar-refractivity contribution in [3.8, 4) is 0 Å². The van der Waals surface area contributed by atoms with Crippen molar-refractivity contribution in [1.29, 1.82) is 0 Å². The molecule has 0 unspecified atom stereocenters. The molecule has 1 aromatic carbocycles. The second kappa shape index (κ2) is 9.31. The molecule has 4 rings (SSSR count). The van der Waals surface area contributed by atoms with Gasteiger partial charge in [0.1, 0.15) is 18.2 Å². The molecule has 0 atom stereocenters. The molecule has 30 heavy (non-hydrogen) atoms. The number of aromatic nitrogens is 4. The van der Waals surface area contributed by atoms with E-state index in [4.69, 9.17) is 20.6 Å². The number of benzene rings is 1. The van der Waals surface area contributed by atoms with Gasteiger partial charge in [-0.1, -0.05) is 18.2 Å². The third-order valence-corrected chi connectivity index (χ3v) is 5.29. The first-order valence-electron chi connectivity index (χ1n) is 9.51. The number of piperidine rings is 1. The molecular formula is C20H24N6O4. The highest BCUT2D eigenvalue weighted by molar-refractivity contribution is 6.06. The average molecular weight is 412 g/mol. The number of hydrogen-bond donors (Lipinski definition) is 3. The zero-order valence-electron chi connectivity index (χ0n) is 16.6. The van der Waals surface area contributed by atoms with Crippen LogP contribution < -0.4 is 10.6 Å². The SMILES string of the molecule is Cn1c(CO)nnc1C1CCN(c2cc(C(N)=O)c3ccccc3n2)CC1.O=CO. The predicted molar refractivity (Wildman–Crippen MR) is 110 cm³/mol. The maximum Gasteiger partial charge on any atom is 0.290 e. The second-order valence-electron chi connectivity index (χ2n) is 6.97. The van der Waals surface area contributed by atoms with Crippen molar-refractivity contribution in [3.05, 3.63) is 47.5 Å². The van der Waals surface area contributed by atoms with Crippen molar-refractivity contribution in [3.63, 3.8) is 0 Å². The lowest BCUT2D eigenvalue weighted by Crippen LogP contribution is -2.34. The van der Waals surface area contributed by atoms with E-state index >= 15 is 0 Å². The Kier molecular flexibility index (Phi) is 6.58. The number of anilines is 1. The third-order valence-electron chi connectivity index (χ3n) is 5.29. The molecule has 10 nitrogen and oxygen atoms in total. The van der Waals surface area contributed by atoms with E-state index in [2.05, 4.69) is 15.1 Å². The van der Waals surface area contributed by atoms with Crippen molar-refractivity contribution in [2.45, 2.75) is 25.4 Å². The number of amides is 1. The molecule has 1 fully saturated rings. The molecule has 1 aliphatic rings. The monoisotopic (exact) mass is 412 g/mol. The molecule has 10 heteroatoms. The number of rotatable bonds is 4. The highest BCUT2D eigenvalue weighted by Gasteiger charge is 2.26. The van der Waals surface area contributed by atoms with Gasteiger partial charge < -0.3 is 25.4 Å². The minimum Gasteiger partial charge on any atom is -0.483 e. The van der Waals surface area contributed by atoms with Crippen LogP contribution in [0.5, 0.6) is 0 Å². The molecule has 0 spiro atoms. The van der Waals surface area contributed by atoms with Gasteiger partial charge in [0, 0.05) is 31.4 Å². The molecule has 2 aromatic heterocycles. The lowest BCUT2D eigenvalue weighted by atomic mass is 9.95. The van der Waals surface area contributed by atoms with Gasteiger partial charge in [0.25, 0.3) is 6.47 Å². The van der Waals surface area contributed by atoms with Gasteiger partial charge in [-0.25, -0.2) is 4.98 Å². The number of hydrogen-bond acceptors (Lipinski definition) is 7. The van der Waals surface area contributed by atoms with Crippen LogP contribution in [0.3, 0.4) is 0 Å². The highest BCUT2D eigenvalue weighted by Crippen LogP contribution is 2.30. The fourth-order valence-electron chi connectivity index (χ4n) is 3.76. The number of nitrogens with two attached hydrogens (primary N) is 1. The Morgan fingerprint density at radius 2 is 1.93 bits per heavy atom. The maximum atomic E-state index is 11.9. The van der Waals surface area contributed by atoms with Gasteiger partial charge in [0.2, 0.25) is 5.91 Å². The Labute approximate surface area is 173 Å². The predicted octanol–water partition coefficient (Wildman–Crippen LogP) is 1.04. The minimum atomic E-state index is -0.444. The van der Waals surface area contributed by atoms with Gasteiger partial charge in [-0.2, -0.15) is 0 Å². The number of primary amides is 1. The van der Waals surface area contributed by atoms with E-state index in [1.54, 1.807) is 6.07 Å². The van der Waals surface area contributed by atoms with Crippen molar-refractivity contribution >= 4 is 29.1 Å². The first-order chi connectivity index (χ1) is 14.5. The first kappa shape index (κ1) is 21.2. The Morgan fingerprint density at radius 3 is 2.53 bits per heavy atom. The van der Waals surface area contributed by atoms with E-state index < -0.39 is 5.91 Å². The summed E-state index contributed by atoms with van der Waals surface area (Å²) in [7, 11) is 1.89. The van der Waals surface area contributed by atoms with Gasteiger partial charge >= 0.3 is 0 Å². The second-order valence-corrected chi connectivity index (χ2v) is 6.97. The Bertz CT molecular complexity index is 1040. The standard InChI is InChI=1S/C19H22N6O2.CH2O2/c1-24-17(11-26)22-23-19(24)12-6-8-25(9-7-12)16-10-14(18(20)27)13-4-2-3-5-15(13)21-16;2-1-3/h2-5,10,12,26H,6-9,11H2,1H3,(H2,20,27);1H,(H,2,3). The number of aliphatic hydroxyl groups excluding tert-OH is 1. The number of nitrogens with zero attached hydrogens (tertiary/aromatic N) is 5. The Hall–Kier alpha value is -3.53. The van der Waals surface area contributed by atoms with Gasteiger partial charge in [-0.15, -0.1) is 10.2 Å². The summed E-state index contributed by atoms with van der Waals surface area (Å²) in [5.41, 5.74) is 6.85. The van der Waals surface area contributed by atoms with Crippen LogP contribution in [0, 0.1) is 0 Å². The topological polar surface area (TPSA) is 147 Å². The maximum absolute atomic E-state index is 11.9. The first-order valence-corrected chi connectivity index (χ1v) is 9.51. The molecule has 0 radical (unpaired) electrons. The van der Waals surface area contributed by atoms with Gasteiger partial charge in [0.15, 0.2) is 5.82 Å². The molecule has 4 N–H and O–H groups in total. The summed E-state index contributed by atoms with van der Waals surface area (Å²) in [6, 6.07) is 9.34. The number of carboxylic acid groups (broad SMARTS) is 1. The summed E-state index contributed by atoms with van der Waals surface area (Å²) < 4.78 is 1.87. The van der Waals surface area contributed by atoms with Crippen molar-refractivity contribution < 1.29 is 19.8 Å². The Balaban J connectivity index is 0.000000806. The summed E-state index contributed by atoms with van der Waals surface area (Å²) in [5, 5.41) is 25.2. The molecule has 0 aliphatic carbocycles. The average Bonchev–Trinajstić information content (AvgIpc) is 3.14.